The molecular weight excluding hydrogens is 404 g/mol. The van der Waals surface area contributed by atoms with Crippen LogP contribution < -0.4 is 0 Å². The first kappa shape index (κ1) is 23.1. The van der Waals surface area contributed by atoms with Crippen LogP contribution in [0.25, 0.3) is 0 Å². The van der Waals surface area contributed by atoms with Crippen molar-refractivity contribution in [3.63, 3.8) is 0 Å². The smallest absolute Gasteiger partial charge is 0.308 e. The monoisotopic (exact) mass is 438 g/mol. The zero-order valence-corrected chi connectivity index (χ0v) is 19.0. The predicted molar refractivity (Wildman–Crippen MR) is 116 cm³/mol. The van der Waals surface area contributed by atoms with Crippen molar-refractivity contribution >= 4 is 29.5 Å². The van der Waals surface area contributed by atoms with Crippen LogP contribution in [0.4, 0.5) is 0 Å². The van der Waals surface area contributed by atoms with E-state index in [9.17, 15) is 19.5 Å². The van der Waals surface area contributed by atoms with Crippen molar-refractivity contribution in [3.8, 4) is 0 Å². The highest BCUT2D eigenvalue weighted by Crippen LogP contribution is 2.66. The Morgan fingerprint density at radius 2 is 2.03 bits per heavy atom. The third-order valence-electron chi connectivity index (χ3n) is 6.76. The molecule has 3 saturated heterocycles. The van der Waals surface area contributed by atoms with Gasteiger partial charge in [0.25, 0.3) is 0 Å². The molecule has 0 aromatic heterocycles. The van der Waals surface area contributed by atoms with Gasteiger partial charge >= 0.3 is 5.97 Å². The van der Waals surface area contributed by atoms with Gasteiger partial charge in [0.15, 0.2) is 0 Å². The van der Waals surface area contributed by atoms with Gasteiger partial charge in [0, 0.05) is 30.5 Å². The summed E-state index contributed by atoms with van der Waals surface area (Å²) in [5, 5.41) is 18.8. The van der Waals surface area contributed by atoms with E-state index in [2.05, 4.69) is 6.58 Å². The highest BCUT2D eigenvalue weighted by atomic mass is 32.2. The van der Waals surface area contributed by atoms with E-state index in [4.69, 9.17) is 5.11 Å². The largest absolute Gasteiger partial charge is 0.481 e. The third-order valence-corrected chi connectivity index (χ3v) is 8.72. The maximum absolute atomic E-state index is 13.9. The van der Waals surface area contributed by atoms with Gasteiger partial charge < -0.3 is 20.0 Å². The van der Waals surface area contributed by atoms with Crippen molar-refractivity contribution in [1.82, 2.24) is 9.80 Å². The number of likely N-dealkylation sites (tertiary alicyclic amines) is 1. The van der Waals surface area contributed by atoms with Gasteiger partial charge in [-0.3, -0.25) is 14.4 Å². The number of carbonyl (C=O) groups excluding carboxylic acids is 2. The van der Waals surface area contributed by atoms with Crippen LogP contribution >= 0.6 is 11.8 Å². The van der Waals surface area contributed by atoms with Crippen LogP contribution in [0.15, 0.2) is 12.7 Å². The maximum atomic E-state index is 13.9. The third kappa shape index (κ3) is 3.66. The number of carbonyl (C=O) groups is 3. The summed E-state index contributed by atoms with van der Waals surface area (Å²) in [5.41, 5.74) is -0.445. The van der Waals surface area contributed by atoms with E-state index in [-0.39, 0.29) is 23.7 Å². The summed E-state index contributed by atoms with van der Waals surface area (Å²) < 4.78 is -0.663. The normalized spacial score (nSPS) is 32.4. The number of aliphatic hydroxyl groups excluding tert-OH is 1. The molecule has 2 amide bonds. The van der Waals surface area contributed by atoms with Gasteiger partial charge in [-0.05, 0) is 52.9 Å². The molecule has 2 N–H and O–H groups in total. The average molecular weight is 439 g/mol. The zero-order chi connectivity index (χ0) is 22.3. The molecule has 3 rings (SSSR count). The van der Waals surface area contributed by atoms with Crippen LogP contribution in [0, 0.1) is 11.8 Å². The van der Waals surface area contributed by atoms with Gasteiger partial charge in [-0.2, -0.15) is 0 Å². The number of hydrogen-bond acceptors (Lipinski definition) is 5. The topological polar surface area (TPSA) is 98.2 Å². The summed E-state index contributed by atoms with van der Waals surface area (Å²) in [4.78, 5) is 42.9. The highest BCUT2D eigenvalue weighted by molar-refractivity contribution is 8.02. The summed E-state index contributed by atoms with van der Waals surface area (Å²) in [6.45, 7) is 10.6. The number of unbranched alkanes of at least 4 members (excludes halogenated alkanes) is 2. The summed E-state index contributed by atoms with van der Waals surface area (Å²) in [6.07, 6.45) is 5.20. The van der Waals surface area contributed by atoms with Crippen LogP contribution in [0.3, 0.4) is 0 Å². The van der Waals surface area contributed by atoms with Crippen molar-refractivity contribution in [2.75, 3.05) is 19.7 Å². The lowest BCUT2D eigenvalue weighted by atomic mass is 9.71. The lowest BCUT2D eigenvalue weighted by Crippen LogP contribution is -2.58. The molecule has 0 radical (unpaired) electrons. The zero-order valence-electron chi connectivity index (χ0n) is 18.2. The Labute approximate surface area is 182 Å². The minimum atomic E-state index is -0.931. The highest BCUT2D eigenvalue weighted by Gasteiger charge is 2.74. The van der Waals surface area contributed by atoms with Crippen molar-refractivity contribution in [3.05, 3.63) is 12.7 Å². The molecule has 3 aliphatic rings. The summed E-state index contributed by atoms with van der Waals surface area (Å²) >= 11 is 1.56. The van der Waals surface area contributed by atoms with Crippen molar-refractivity contribution in [2.24, 2.45) is 11.8 Å². The second kappa shape index (κ2) is 8.54. The van der Waals surface area contributed by atoms with Crippen LogP contribution in [-0.2, 0) is 14.4 Å². The van der Waals surface area contributed by atoms with E-state index in [1.54, 1.807) is 27.6 Å². The maximum Gasteiger partial charge on any atom is 0.308 e. The number of aliphatic carboxylic acids is 1. The molecule has 2 unspecified atom stereocenters. The molecule has 8 heteroatoms. The molecule has 7 nitrogen and oxygen atoms in total. The van der Waals surface area contributed by atoms with Gasteiger partial charge in [0.1, 0.15) is 6.04 Å². The molecule has 0 aromatic rings. The average Bonchev–Trinajstić information content (AvgIpc) is 3.29. The second-order valence-corrected chi connectivity index (χ2v) is 11.2. The standard InChI is InChI=1S/C22H34N2O5S/c1-5-11-24(21(2,3)4)19(27)17-22-10-9-14(30-22)15(20(28)29)16(22)18(26)23(17)12-7-6-8-13-25/h5,14-17,25H,1,6-13H2,2-4H3,(H,28,29)/t14-,15+,16+,17?,22?/m1/s1. The number of thioether (sulfide) groups is 1. The number of hydrogen-bond donors (Lipinski definition) is 2. The Balaban J connectivity index is 1.99. The molecule has 2 bridgehead atoms. The molecule has 168 valence electrons. The predicted octanol–water partition coefficient (Wildman–Crippen LogP) is 2.14. The van der Waals surface area contributed by atoms with Crippen LogP contribution in [0.1, 0.15) is 52.9 Å². The molecule has 0 saturated carbocycles. The SMILES string of the molecule is C=CCN(C(=O)C1N(CCCCCO)C(=O)[C@@H]2[C@@H](C(=O)O)[C@H]3CCC12S3)C(C)(C)C. The Bertz CT molecular complexity index is 721. The van der Waals surface area contributed by atoms with Crippen LogP contribution in [0.5, 0.6) is 0 Å². The fraction of sp³-hybridized carbons (Fsp3) is 0.773. The fourth-order valence-electron chi connectivity index (χ4n) is 5.50. The van der Waals surface area contributed by atoms with E-state index in [0.29, 0.717) is 32.4 Å². The van der Waals surface area contributed by atoms with E-state index in [1.807, 2.05) is 20.8 Å². The van der Waals surface area contributed by atoms with Crippen molar-refractivity contribution in [2.45, 2.75) is 74.5 Å². The minimum absolute atomic E-state index is 0.0959. The van der Waals surface area contributed by atoms with E-state index in [0.717, 1.165) is 12.8 Å². The van der Waals surface area contributed by atoms with Crippen LogP contribution in [-0.4, -0.2) is 79.1 Å². The van der Waals surface area contributed by atoms with Gasteiger partial charge in [0.2, 0.25) is 11.8 Å². The number of carboxylic acid groups (broad SMARTS) is 1. The summed E-state index contributed by atoms with van der Waals surface area (Å²) in [6, 6.07) is -0.650. The van der Waals surface area contributed by atoms with Crippen LogP contribution in [0.2, 0.25) is 0 Å². The Hall–Kier alpha value is -1.54. The Kier molecular flexibility index (Phi) is 6.58. The van der Waals surface area contributed by atoms with Gasteiger partial charge in [0.05, 0.1) is 16.6 Å². The quantitative estimate of drug-likeness (QED) is 0.423. The molecule has 3 aliphatic heterocycles. The molecule has 3 heterocycles. The number of rotatable bonds is 9. The van der Waals surface area contributed by atoms with E-state index >= 15 is 0 Å². The second-order valence-electron chi connectivity index (χ2n) is 9.62. The molecular formula is C22H34N2O5S. The summed E-state index contributed by atoms with van der Waals surface area (Å²) in [5.74, 6) is -2.60. The summed E-state index contributed by atoms with van der Waals surface area (Å²) in [7, 11) is 0. The van der Waals surface area contributed by atoms with E-state index < -0.39 is 34.1 Å². The van der Waals surface area contributed by atoms with E-state index in [1.165, 1.54) is 0 Å². The Morgan fingerprint density at radius 3 is 2.60 bits per heavy atom. The minimum Gasteiger partial charge on any atom is -0.481 e. The molecule has 5 atom stereocenters. The van der Waals surface area contributed by atoms with Gasteiger partial charge in [-0.1, -0.05) is 6.08 Å². The molecule has 0 aromatic carbocycles. The van der Waals surface area contributed by atoms with Crippen molar-refractivity contribution < 1.29 is 24.6 Å². The van der Waals surface area contributed by atoms with Gasteiger partial charge in [-0.25, -0.2) is 0 Å². The molecule has 30 heavy (non-hydrogen) atoms. The van der Waals surface area contributed by atoms with Gasteiger partial charge in [-0.15, -0.1) is 18.3 Å². The first-order chi connectivity index (χ1) is 14.1. The molecule has 0 aliphatic carbocycles. The molecule has 3 fully saturated rings. The van der Waals surface area contributed by atoms with Crippen molar-refractivity contribution in [1.29, 1.82) is 0 Å². The first-order valence-electron chi connectivity index (χ1n) is 10.8. The number of carboxylic acids is 1. The number of aliphatic hydroxyl groups is 1. The Morgan fingerprint density at radius 1 is 1.33 bits per heavy atom. The first-order valence-corrected chi connectivity index (χ1v) is 11.7. The number of amides is 2. The molecule has 1 spiro atoms. The number of fused-ring (bicyclic) bond motifs is 1. The number of nitrogens with zero attached hydrogens (tertiary/aromatic N) is 2. The fourth-order valence-corrected chi connectivity index (χ4v) is 7.70. The lowest BCUT2D eigenvalue weighted by molar-refractivity contribution is -0.148. The lowest BCUT2D eigenvalue weighted by Gasteiger charge is -2.42.